The van der Waals surface area contributed by atoms with E-state index in [1.807, 2.05) is 30.3 Å². The fourth-order valence-electron chi connectivity index (χ4n) is 3.70. The Balaban J connectivity index is 1.43. The number of nitrogens with one attached hydrogen (secondary N) is 1. The van der Waals surface area contributed by atoms with Crippen molar-refractivity contribution in [3.8, 4) is 5.69 Å². The molecule has 6 nitrogen and oxygen atoms in total. The molecule has 32 heavy (non-hydrogen) atoms. The molecule has 0 bridgehead atoms. The van der Waals surface area contributed by atoms with E-state index in [4.69, 9.17) is 4.74 Å². The van der Waals surface area contributed by atoms with Gasteiger partial charge in [0.15, 0.2) is 5.69 Å². The molecule has 168 valence electrons. The highest BCUT2D eigenvalue weighted by Gasteiger charge is 2.33. The fourth-order valence-corrected chi connectivity index (χ4v) is 3.70. The van der Waals surface area contributed by atoms with Crippen molar-refractivity contribution in [1.29, 1.82) is 0 Å². The first-order valence-corrected chi connectivity index (χ1v) is 10.3. The Morgan fingerprint density at radius 1 is 1.03 bits per heavy atom. The number of amides is 1. The molecule has 9 heteroatoms. The second-order valence-corrected chi connectivity index (χ2v) is 7.48. The predicted molar refractivity (Wildman–Crippen MR) is 112 cm³/mol. The Morgan fingerprint density at radius 2 is 1.72 bits per heavy atom. The number of hydrogen-bond acceptors (Lipinski definition) is 4. The predicted octanol–water partition coefficient (Wildman–Crippen LogP) is 3.69. The van der Waals surface area contributed by atoms with E-state index in [0.717, 1.165) is 29.4 Å². The van der Waals surface area contributed by atoms with Crippen LogP contribution in [0.4, 0.5) is 13.2 Å². The Labute approximate surface area is 183 Å². The molecule has 1 atom stereocenters. The third-order valence-electron chi connectivity index (χ3n) is 5.40. The lowest BCUT2D eigenvalue weighted by molar-refractivity contribution is -0.141. The molecule has 1 unspecified atom stereocenters. The molecule has 1 fully saturated rings. The number of rotatable bonds is 6. The van der Waals surface area contributed by atoms with E-state index in [1.54, 1.807) is 24.3 Å². The molecule has 0 saturated carbocycles. The van der Waals surface area contributed by atoms with Gasteiger partial charge >= 0.3 is 6.18 Å². The molecule has 0 aliphatic carbocycles. The summed E-state index contributed by atoms with van der Waals surface area (Å²) in [4.78, 5) is 15.0. The summed E-state index contributed by atoms with van der Waals surface area (Å²) in [5, 5.41) is 6.53. The number of carbonyl (C=O) groups excluding carboxylic acids is 1. The van der Waals surface area contributed by atoms with Gasteiger partial charge in [0.1, 0.15) is 0 Å². The molecule has 0 radical (unpaired) electrons. The number of alkyl halides is 3. The van der Waals surface area contributed by atoms with E-state index < -0.39 is 11.9 Å². The summed E-state index contributed by atoms with van der Waals surface area (Å²) in [5.74, 6) is -0.248. The van der Waals surface area contributed by atoms with Crippen LogP contribution in [0.25, 0.3) is 5.69 Å². The van der Waals surface area contributed by atoms with Crippen LogP contribution in [-0.2, 0) is 10.9 Å². The second kappa shape index (κ2) is 9.54. The fraction of sp³-hybridized carbons (Fsp3) is 0.304. The maximum absolute atomic E-state index is 12.8. The summed E-state index contributed by atoms with van der Waals surface area (Å²) >= 11 is 0. The normalized spacial score (nSPS) is 16.0. The SMILES string of the molecule is O=C(NCC(c1ccccc1)N1CCOCC1)c1ccc(-n2ccc(C(F)(F)F)n2)cc1. The number of carbonyl (C=O) groups is 1. The highest BCUT2D eigenvalue weighted by molar-refractivity contribution is 5.94. The average Bonchev–Trinajstić information content (AvgIpc) is 3.32. The molecule has 1 amide bonds. The Kier molecular flexibility index (Phi) is 6.57. The molecule has 1 aliphatic rings. The number of morpholine rings is 1. The van der Waals surface area contributed by atoms with E-state index in [-0.39, 0.29) is 11.9 Å². The van der Waals surface area contributed by atoms with Gasteiger partial charge in [-0.1, -0.05) is 30.3 Å². The first-order chi connectivity index (χ1) is 15.4. The molecule has 2 aromatic carbocycles. The van der Waals surface area contributed by atoms with Crippen molar-refractivity contribution in [2.75, 3.05) is 32.8 Å². The van der Waals surface area contributed by atoms with Crippen molar-refractivity contribution in [3.63, 3.8) is 0 Å². The van der Waals surface area contributed by atoms with E-state index >= 15 is 0 Å². The van der Waals surface area contributed by atoms with Crippen molar-refractivity contribution in [2.24, 2.45) is 0 Å². The van der Waals surface area contributed by atoms with Gasteiger partial charge in [-0.25, -0.2) is 4.68 Å². The van der Waals surface area contributed by atoms with Crippen molar-refractivity contribution in [3.05, 3.63) is 83.7 Å². The molecule has 4 rings (SSSR count). The number of ether oxygens (including phenoxy) is 1. The topological polar surface area (TPSA) is 59.4 Å². The maximum atomic E-state index is 12.8. The van der Waals surface area contributed by atoms with Crippen molar-refractivity contribution in [1.82, 2.24) is 20.0 Å². The minimum absolute atomic E-state index is 0.0215. The minimum Gasteiger partial charge on any atom is -0.379 e. The average molecular weight is 444 g/mol. The van der Waals surface area contributed by atoms with Gasteiger partial charge in [-0.15, -0.1) is 0 Å². The van der Waals surface area contributed by atoms with Gasteiger partial charge in [-0.2, -0.15) is 18.3 Å². The van der Waals surface area contributed by atoms with Crippen LogP contribution in [-0.4, -0.2) is 53.4 Å². The van der Waals surface area contributed by atoms with Crippen molar-refractivity contribution in [2.45, 2.75) is 12.2 Å². The molecular weight excluding hydrogens is 421 g/mol. The number of aromatic nitrogens is 2. The molecule has 3 aromatic rings. The van der Waals surface area contributed by atoms with Crippen LogP contribution in [0.15, 0.2) is 66.9 Å². The first kappa shape index (κ1) is 22.0. The van der Waals surface area contributed by atoms with E-state index in [2.05, 4.69) is 15.3 Å². The maximum Gasteiger partial charge on any atom is 0.435 e. The Hall–Kier alpha value is -3.17. The summed E-state index contributed by atoms with van der Waals surface area (Å²) < 4.78 is 44.8. The lowest BCUT2D eigenvalue weighted by Crippen LogP contribution is -2.43. The number of nitrogens with zero attached hydrogens (tertiary/aromatic N) is 3. The van der Waals surface area contributed by atoms with Crippen LogP contribution < -0.4 is 5.32 Å². The van der Waals surface area contributed by atoms with Gasteiger partial charge in [0.2, 0.25) is 0 Å². The van der Waals surface area contributed by atoms with Gasteiger partial charge in [0.05, 0.1) is 24.9 Å². The van der Waals surface area contributed by atoms with Gasteiger partial charge in [-0.05, 0) is 35.9 Å². The van der Waals surface area contributed by atoms with E-state index in [0.29, 0.717) is 31.0 Å². The Morgan fingerprint density at radius 3 is 2.34 bits per heavy atom. The zero-order chi connectivity index (χ0) is 22.6. The van der Waals surface area contributed by atoms with Crippen molar-refractivity contribution < 1.29 is 22.7 Å². The van der Waals surface area contributed by atoms with Crippen molar-refractivity contribution >= 4 is 5.91 Å². The van der Waals surface area contributed by atoms with Gasteiger partial charge in [0, 0.05) is 31.4 Å². The zero-order valence-corrected chi connectivity index (χ0v) is 17.3. The number of hydrogen-bond donors (Lipinski definition) is 1. The standard InChI is InChI=1S/C23H23F3N4O2/c24-23(25,26)21-10-11-30(28-21)19-8-6-18(7-9-19)22(31)27-16-20(17-4-2-1-3-5-17)29-12-14-32-15-13-29/h1-11,20H,12-16H2,(H,27,31). The van der Waals surface area contributed by atoms with Gasteiger partial charge in [0.25, 0.3) is 5.91 Å². The van der Waals surface area contributed by atoms with E-state index in [9.17, 15) is 18.0 Å². The van der Waals surface area contributed by atoms with Gasteiger partial charge < -0.3 is 10.1 Å². The molecule has 1 aromatic heterocycles. The molecule has 1 N–H and O–H groups in total. The van der Waals surface area contributed by atoms with Crippen LogP contribution in [0.1, 0.15) is 27.7 Å². The first-order valence-electron chi connectivity index (χ1n) is 10.3. The summed E-state index contributed by atoms with van der Waals surface area (Å²) in [7, 11) is 0. The molecule has 2 heterocycles. The third kappa shape index (κ3) is 5.17. The lowest BCUT2D eigenvalue weighted by Gasteiger charge is -2.35. The van der Waals surface area contributed by atoms with Crippen LogP contribution >= 0.6 is 0 Å². The quantitative estimate of drug-likeness (QED) is 0.630. The number of benzene rings is 2. The smallest absolute Gasteiger partial charge is 0.379 e. The minimum atomic E-state index is -4.50. The van der Waals surface area contributed by atoms with Crippen LogP contribution in [0.3, 0.4) is 0 Å². The summed E-state index contributed by atoms with van der Waals surface area (Å²) in [6.45, 7) is 3.31. The number of halogens is 3. The van der Waals surface area contributed by atoms with Crippen LogP contribution in [0, 0.1) is 0 Å². The Bertz CT molecular complexity index is 1030. The summed E-state index contributed by atoms with van der Waals surface area (Å²) in [5.41, 5.74) is 1.01. The monoisotopic (exact) mass is 444 g/mol. The van der Waals surface area contributed by atoms with Crippen LogP contribution in [0.5, 0.6) is 0 Å². The summed E-state index contributed by atoms with van der Waals surface area (Å²) in [6.07, 6.45) is -3.26. The largest absolute Gasteiger partial charge is 0.435 e. The molecule has 1 saturated heterocycles. The van der Waals surface area contributed by atoms with Crippen LogP contribution in [0.2, 0.25) is 0 Å². The zero-order valence-electron chi connectivity index (χ0n) is 17.3. The second-order valence-electron chi connectivity index (χ2n) is 7.48. The molecule has 1 aliphatic heterocycles. The third-order valence-corrected chi connectivity index (χ3v) is 5.40. The lowest BCUT2D eigenvalue weighted by atomic mass is 10.0. The molecule has 0 spiro atoms. The highest BCUT2D eigenvalue weighted by Crippen LogP contribution is 2.28. The van der Waals surface area contributed by atoms with E-state index in [1.165, 1.54) is 6.20 Å². The molecular formula is C23H23F3N4O2. The van der Waals surface area contributed by atoms with Gasteiger partial charge in [-0.3, -0.25) is 9.69 Å². The highest BCUT2D eigenvalue weighted by atomic mass is 19.4. The summed E-state index contributed by atoms with van der Waals surface area (Å²) in [6, 6.07) is 17.2.